The average Bonchev–Trinajstić information content (AvgIpc) is 2.45. The van der Waals surface area contributed by atoms with E-state index in [1.54, 1.807) is 0 Å². The maximum absolute atomic E-state index is 11.2. The van der Waals surface area contributed by atoms with Crippen molar-refractivity contribution in [3.05, 3.63) is 35.4 Å². The van der Waals surface area contributed by atoms with Crippen LogP contribution >= 0.6 is 22.6 Å². The standard InChI is InChI=1S/C10H10INO/c11-10(13)8-5-6-3-1-2-4-7(6)9(8)12/h1-4,8-9H,5,12H2/t8?,9-/m1/s1. The third kappa shape index (κ3) is 1.50. The fourth-order valence-corrected chi connectivity index (χ4v) is 2.45. The molecule has 0 bridgehead atoms. The summed E-state index contributed by atoms with van der Waals surface area (Å²) in [6.45, 7) is 0. The highest BCUT2D eigenvalue weighted by atomic mass is 127. The van der Waals surface area contributed by atoms with E-state index in [1.807, 2.05) is 40.8 Å². The van der Waals surface area contributed by atoms with Gasteiger partial charge in [-0.2, -0.15) is 0 Å². The lowest BCUT2D eigenvalue weighted by Crippen LogP contribution is -2.21. The predicted molar refractivity (Wildman–Crippen MR) is 59.6 cm³/mol. The Morgan fingerprint density at radius 3 is 2.77 bits per heavy atom. The molecule has 68 valence electrons. The lowest BCUT2D eigenvalue weighted by Gasteiger charge is -2.10. The molecule has 0 heterocycles. The number of hydrogen-bond donors (Lipinski definition) is 1. The van der Waals surface area contributed by atoms with E-state index in [1.165, 1.54) is 5.56 Å². The molecule has 2 rings (SSSR count). The summed E-state index contributed by atoms with van der Waals surface area (Å²) >= 11 is 1.84. The topological polar surface area (TPSA) is 43.1 Å². The Labute approximate surface area is 90.6 Å². The summed E-state index contributed by atoms with van der Waals surface area (Å²) < 4.78 is 0.168. The number of halogens is 1. The van der Waals surface area contributed by atoms with E-state index in [0.29, 0.717) is 0 Å². The molecule has 1 aromatic carbocycles. The number of benzene rings is 1. The van der Waals surface area contributed by atoms with Gasteiger partial charge in [-0.15, -0.1) is 0 Å². The highest BCUT2D eigenvalue weighted by molar-refractivity contribution is 14.1. The van der Waals surface area contributed by atoms with Gasteiger partial charge < -0.3 is 5.73 Å². The molecule has 0 aromatic heterocycles. The minimum Gasteiger partial charge on any atom is -0.323 e. The van der Waals surface area contributed by atoms with Crippen LogP contribution in [0.1, 0.15) is 17.2 Å². The van der Waals surface area contributed by atoms with Crippen molar-refractivity contribution in [1.29, 1.82) is 0 Å². The molecule has 0 saturated heterocycles. The normalized spacial score (nSPS) is 25.7. The van der Waals surface area contributed by atoms with Gasteiger partial charge in [0.2, 0.25) is 0 Å². The van der Waals surface area contributed by atoms with Crippen molar-refractivity contribution in [3.63, 3.8) is 0 Å². The Morgan fingerprint density at radius 1 is 1.46 bits per heavy atom. The number of rotatable bonds is 1. The van der Waals surface area contributed by atoms with E-state index in [0.717, 1.165) is 12.0 Å². The third-order valence-electron chi connectivity index (χ3n) is 2.58. The minimum atomic E-state index is -0.0967. The Balaban J connectivity index is 2.38. The zero-order valence-electron chi connectivity index (χ0n) is 7.03. The number of carbonyl (C=O) groups is 1. The smallest absolute Gasteiger partial charge is 0.197 e. The van der Waals surface area contributed by atoms with Gasteiger partial charge in [-0.3, -0.25) is 4.79 Å². The van der Waals surface area contributed by atoms with Gasteiger partial charge in [0.25, 0.3) is 0 Å². The summed E-state index contributed by atoms with van der Waals surface area (Å²) in [6.07, 6.45) is 0.805. The van der Waals surface area contributed by atoms with Gasteiger partial charge in [-0.1, -0.05) is 24.3 Å². The Hall–Kier alpha value is -0.420. The van der Waals surface area contributed by atoms with Crippen LogP contribution in [0.3, 0.4) is 0 Å². The van der Waals surface area contributed by atoms with Crippen molar-refractivity contribution in [1.82, 2.24) is 0 Å². The van der Waals surface area contributed by atoms with E-state index in [9.17, 15) is 4.79 Å². The van der Waals surface area contributed by atoms with Gasteiger partial charge in [-0.05, 0) is 40.1 Å². The van der Waals surface area contributed by atoms with Crippen molar-refractivity contribution in [2.24, 2.45) is 11.7 Å². The number of fused-ring (bicyclic) bond motifs is 1. The maximum atomic E-state index is 11.2. The van der Waals surface area contributed by atoms with Crippen LogP contribution in [0.2, 0.25) is 0 Å². The van der Waals surface area contributed by atoms with Gasteiger partial charge >= 0.3 is 0 Å². The van der Waals surface area contributed by atoms with Gasteiger partial charge in [0.15, 0.2) is 3.79 Å². The molecule has 0 spiro atoms. The average molecular weight is 287 g/mol. The second-order valence-corrected chi connectivity index (χ2v) is 4.40. The van der Waals surface area contributed by atoms with Crippen molar-refractivity contribution >= 4 is 26.4 Å². The van der Waals surface area contributed by atoms with Crippen molar-refractivity contribution in [3.8, 4) is 0 Å². The zero-order valence-corrected chi connectivity index (χ0v) is 9.19. The Bertz CT molecular complexity index is 351. The number of nitrogens with two attached hydrogens (primary N) is 1. The van der Waals surface area contributed by atoms with Gasteiger partial charge in [0.05, 0.1) is 5.92 Å². The Morgan fingerprint density at radius 2 is 2.15 bits per heavy atom. The molecule has 1 aliphatic rings. The summed E-state index contributed by atoms with van der Waals surface area (Å²) in [5.41, 5.74) is 8.33. The van der Waals surface area contributed by atoms with Gasteiger partial charge in [0.1, 0.15) is 0 Å². The summed E-state index contributed by atoms with van der Waals surface area (Å²) in [7, 11) is 0. The monoisotopic (exact) mass is 287 g/mol. The number of hydrogen-bond acceptors (Lipinski definition) is 2. The van der Waals surface area contributed by atoms with E-state index in [4.69, 9.17) is 5.73 Å². The van der Waals surface area contributed by atoms with E-state index >= 15 is 0 Å². The first kappa shape index (κ1) is 9.15. The molecule has 0 aliphatic heterocycles. The third-order valence-corrected chi connectivity index (χ3v) is 3.38. The first-order chi connectivity index (χ1) is 6.20. The van der Waals surface area contributed by atoms with E-state index < -0.39 is 0 Å². The predicted octanol–water partition coefficient (Wildman–Crippen LogP) is 1.82. The fourth-order valence-electron chi connectivity index (χ4n) is 1.85. The van der Waals surface area contributed by atoms with Crippen LogP contribution < -0.4 is 5.73 Å². The molecule has 2 N–H and O–H groups in total. The van der Waals surface area contributed by atoms with Gasteiger partial charge in [-0.25, -0.2) is 0 Å². The first-order valence-electron chi connectivity index (χ1n) is 4.23. The lowest BCUT2D eigenvalue weighted by atomic mass is 10.0. The molecule has 3 heteroatoms. The van der Waals surface area contributed by atoms with Crippen LogP contribution in [0.15, 0.2) is 24.3 Å². The molecule has 0 radical (unpaired) electrons. The van der Waals surface area contributed by atoms with E-state index in [2.05, 4.69) is 6.07 Å². The molecule has 2 nitrogen and oxygen atoms in total. The van der Waals surface area contributed by atoms with Crippen LogP contribution in [0, 0.1) is 5.92 Å². The van der Waals surface area contributed by atoms with Crippen molar-refractivity contribution in [2.75, 3.05) is 0 Å². The second-order valence-electron chi connectivity index (χ2n) is 3.34. The fraction of sp³-hybridized carbons (Fsp3) is 0.300. The summed E-state index contributed by atoms with van der Waals surface area (Å²) in [4.78, 5) is 11.2. The molecule has 1 aromatic rings. The molecule has 2 atom stereocenters. The van der Waals surface area contributed by atoms with Crippen molar-refractivity contribution in [2.45, 2.75) is 12.5 Å². The highest BCUT2D eigenvalue weighted by Crippen LogP contribution is 2.35. The first-order valence-corrected chi connectivity index (χ1v) is 5.31. The largest absolute Gasteiger partial charge is 0.323 e. The van der Waals surface area contributed by atoms with Crippen LogP contribution in [-0.2, 0) is 11.2 Å². The number of carbonyl (C=O) groups excluding carboxylic acids is 1. The molecule has 1 aliphatic carbocycles. The molecular weight excluding hydrogens is 277 g/mol. The van der Waals surface area contributed by atoms with Crippen LogP contribution in [0.4, 0.5) is 0 Å². The summed E-state index contributed by atoms with van der Waals surface area (Å²) in [5, 5.41) is 0. The molecule has 0 fully saturated rings. The summed E-state index contributed by atoms with van der Waals surface area (Å²) in [6, 6.07) is 7.93. The molecule has 1 unspecified atom stereocenters. The summed E-state index contributed by atoms with van der Waals surface area (Å²) in [5.74, 6) is -0.0157. The second kappa shape index (κ2) is 3.38. The maximum Gasteiger partial charge on any atom is 0.197 e. The van der Waals surface area contributed by atoms with Crippen molar-refractivity contribution < 1.29 is 4.79 Å². The highest BCUT2D eigenvalue weighted by Gasteiger charge is 2.32. The minimum absolute atomic E-state index is 0.0157. The molecular formula is C10H10INO. The zero-order chi connectivity index (χ0) is 9.42. The van der Waals surface area contributed by atoms with E-state index in [-0.39, 0.29) is 15.7 Å². The quantitative estimate of drug-likeness (QED) is 0.632. The van der Waals surface area contributed by atoms with Crippen LogP contribution in [0.5, 0.6) is 0 Å². The van der Waals surface area contributed by atoms with Crippen LogP contribution in [0.25, 0.3) is 0 Å². The van der Waals surface area contributed by atoms with Crippen LogP contribution in [-0.4, -0.2) is 3.79 Å². The Kier molecular flexibility index (Phi) is 2.38. The molecule has 0 amide bonds. The molecule has 13 heavy (non-hydrogen) atoms. The SMILES string of the molecule is N[C@@H]1c2ccccc2CC1C(=O)I. The molecule has 0 saturated carbocycles. The lowest BCUT2D eigenvalue weighted by molar-refractivity contribution is -0.113. The van der Waals surface area contributed by atoms with Gasteiger partial charge in [0, 0.05) is 6.04 Å².